The van der Waals surface area contributed by atoms with Crippen molar-refractivity contribution in [3.8, 4) is 5.75 Å². The van der Waals surface area contributed by atoms with E-state index in [4.69, 9.17) is 9.84 Å². The van der Waals surface area contributed by atoms with Crippen molar-refractivity contribution in [3.63, 3.8) is 0 Å². The number of carboxylic acids is 1. The summed E-state index contributed by atoms with van der Waals surface area (Å²) in [6.45, 7) is 0.656. The van der Waals surface area contributed by atoms with Gasteiger partial charge in [-0.3, -0.25) is 9.59 Å². The number of amides is 1. The fraction of sp³-hybridized carbons (Fsp3) is 0.556. The number of halogens is 1. The monoisotopic (exact) mass is 337 g/mol. The van der Waals surface area contributed by atoms with Crippen LogP contribution in [0.25, 0.3) is 0 Å². The Kier molecular flexibility index (Phi) is 6.58. The van der Waals surface area contributed by atoms with Crippen LogP contribution >= 0.6 is 0 Å². The summed E-state index contributed by atoms with van der Waals surface area (Å²) in [5.41, 5.74) is 0.460. The van der Waals surface area contributed by atoms with Crippen LogP contribution in [0.4, 0.5) is 4.39 Å². The van der Waals surface area contributed by atoms with Crippen LogP contribution in [0.15, 0.2) is 18.2 Å². The largest absolute Gasteiger partial charge is 0.494 e. The summed E-state index contributed by atoms with van der Waals surface area (Å²) in [6, 6.07) is 4.90. The fourth-order valence-corrected chi connectivity index (χ4v) is 3.21. The molecule has 1 aromatic rings. The highest BCUT2D eigenvalue weighted by atomic mass is 19.1. The molecule has 0 aliphatic carbocycles. The van der Waals surface area contributed by atoms with Gasteiger partial charge in [0.1, 0.15) is 0 Å². The van der Waals surface area contributed by atoms with Crippen molar-refractivity contribution >= 4 is 11.9 Å². The van der Waals surface area contributed by atoms with Gasteiger partial charge in [0.15, 0.2) is 11.6 Å². The second kappa shape index (κ2) is 8.66. The number of hydrogen-bond acceptors (Lipinski definition) is 3. The van der Waals surface area contributed by atoms with Crippen LogP contribution in [0.3, 0.4) is 0 Å². The molecule has 5 nitrogen and oxygen atoms in total. The summed E-state index contributed by atoms with van der Waals surface area (Å²) in [7, 11) is 1.41. The standard InChI is InChI=1S/C18H24FNO4/c1-24-15-7-4-5-13(18(15)19)8-10-16(21)20-12-3-2-6-14(20)9-11-17(22)23/h4-5,7,14H,2-3,6,8-12H2,1H3,(H,22,23). The Hall–Kier alpha value is -2.11. The van der Waals surface area contributed by atoms with Crippen molar-refractivity contribution < 1.29 is 23.8 Å². The third kappa shape index (κ3) is 4.69. The Morgan fingerprint density at radius 1 is 1.33 bits per heavy atom. The number of nitrogens with zero attached hydrogens (tertiary/aromatic N) is 1. The van der Waals surface area contributed by atoms with E-state index in [0.29, 0.717) is 24.9 Å². The van der Waals surface area contributed by atoms with E-state index in [1.54, 1.807) is 23.1 Å². The zero-order chi connectivity index (χ0) is 17.5. The van der Waals surface area contributed by atoms with E-state index in [1.165, 1.54) is 7.11 Å². The minimum absolute atomic E-state index is 0.0162. The molecule has 2 rings (SSSR count). The van der Waals surface area contributed by atoms with Crippen LogP contribution in [0.5, 0.6) is 5.75 Å². The first-order valence-electron chi connectivity index (χ1n) is 8.35. The normalized spacial score (nSPS) is 17.6. The second-order valence-electron chi connectivity index (χ2n) is 6.10. The zero-order valence-corrected chi connectivity index (χ0v) is 14.0. The number of carboxylic acid groups (broad SMARTS) is 1. The van der Waals surface area contributed by atoms with Gasteiger partial charge in [-0.15, -0.1) is 0 Å². The molecular formula is C18H24FNO4. The Bertz CT molecular complexity index is 590. The molecule has 0 bridgehead atoms. The number of carbonyl (C=O) groups is 2. The van der Waals surface area contributed by atoms with Gasteiger partial charge in [0.2, 0.25) is 5.91 Å². The average Bonchev–Trinajstić information content (AvgIpc) is 2.59. The molecule has 1 aromatic carbocycles. The second-order valence-corrected chi connectivity index (χ2v) is 6.10. The number of aryl methyl sites for hydroxylation is 1. The summed E-state index contributed by atoms with van der Waals surface area (Å²) in [5, 5.41) is 8.84. The molecule has 6 heteroatoms. The number of carbonyl (C=O) groups excluding carboxylic acids is 1. The molecule has 1 amide bonds. The highest BCUT2D eigenvalue weighted by Crippen LogP contribution is 2.24. The maximum atomic E-state index is 14.1. The number of benzene rings is 1. The molecule has 0 spiro atoms. The molecule has 1 aliphatic heterocycles. The van der Waals surface area contributed by atoms with Crippen molar-refractivity contribution in [1.82, 2.24) is 4.90 Å². The molecule has 0 aromatic heterocycles. The third-order valence-corrected chi connectivity index (χ3v) is 4.51. The summed E-state index contributed by atoms with van der Waals surface area (Å²) >= 11 is 0. The maximum absolute atomic E-state index is 14.1. The van der Waals surface area contributed by atoms with Gasteiger partial charge < -0.3 is 14.7 Å². The highest BCUT2D eigenvalue weighted by Gasteiger charge is 2.26. The lowest BCUT2D eigenvalue weighted by atomic mass is 9.97. The molecule has 24 heavy (non-hydrogen) atoms. The van der Waals surface area contributed by atoms with Crippen molar-refractivity contribution in [2.24, 2.45) is 0 Å². The van der Waals surface area contributed by atoms with E-state index in [0.717, 1.165) is 19.3 Å². The van der Waals surface area contributed by atoms with Crippen LogP contribution in [0.1, 0.15) is 44.1 Å². The third-order valence-electron chi connectivity index (χ3n) is 4.51. The first kappa shape index (κ1) is 18.2. The fourth-order valence-electron chi connectivity index (χ4n) is 3.21. The Morgan fingerprint density at radius 2 is 2.12 bits per heavy atom. The Labute approximate surface area is 141 Å². The molecule has 0 radical (unpaired) electrons. The number of methoxy groups -OCH3 is 1. The van der Waals surface area contributed by atoms with Crippen LogP contribution in [-0.2, 0) is 16.0 Å². The van der Waals surface area contributed by atoms with Crippen LogP contribution in [0, 0.1) is 5.82 Å². The quantitative estimate of drug-likeness (QED) is 0.830. The lowest BCUT2D eigenvalue weighted by Gasteiger charge is -2.35. The maximum Gasteiger partial charge on any atom is 0.303 e. The molecular weight excluding hydrogens is 313 g/mol. The summed E-state index contributed by atoms with van der Waals surface area (Å²) in [5.74, 6) is -1.12. The predicted octanol–water partition coefficient (Wildman–Crippen LogP) is 3.01. The summed E-state index contributed by atoms with van der Waals surface area (Å²) in [6.07, 6.45) is 3.86. The SMILES string of the molecule is COc1cccc(CCC(=O)N2CCCCC2CCC(=O)O)c1F. The molecule has 1 atom stereocenters. The van der Waals surface area contributed by atoms with Gasteiger partial charge in [0, 0.05) is 25.4 Å². The van der Waals surface area contributed by atoms with Crippen LogP contribution in [-0.4, -0.2) is 41.6 Å². The first-order chi connectivity index (χ1) is 11.5. The van der Waals surface area contributed by atoms with Gasteiger partial charge >= 0.3 is 5.97 Å². The van der Waals surface area contributed by atoms with Crippen molar-refractivity contribution in [1.29, 1.82) is 0 Å². The van der Waals surface area contributed by atoms with Gasteiger partial charge in [0.25, 0.3) is 0 Å². The minimum atomic E-state index is -0.841. The molecule has 0 saturated carbocycles. The molecule has 1 N–H and O–H groups in total. The molecule has 1 saturated heterocycles. The van der Waals surface area contributed by atoms with Gasteiger partial charge in [-0.05, 0) is 43.7 Å². The predicted molar refractivity (Wildman–Crippen MR) is 87.5 cm³/mol. The summed E-state index contributed by atoms with van der Waals surface area (Å²) < 4.78 is 19.1. The van der Waals surface area contributed by atoms with Crippen molar-refractivity contribution in [2.75, 3.05) is 13.7 Å². The number of ether oxygens (including phenoxy) is 1. The summed E-state index contributed by atoms with van der Waals surface area (Å²) in [4.78, 5) is 25.1. The minimum Gasteiger partial charge on any atom is -0.494 e. The first-order valence-corrected chi connectivity index (χ1v) is 8.35. The van der Waals surface area contributed by atoms with E-state index in [-0.39, 0.29) is 30.5 Å². The van der Waals surface area contributed by atoms with E-state index in [1.807, 2.05) is 0 Å². The number of rotatable bonds is 7. The van der Waals surface area contributed by atoms with Crippen molar-refractivity contribution in [2.45, 2.75) is 51.0 Å². The van der Waals surface area contributed by atoms with Gasteiger partial charge in [-0.2, -0.15) is 0 Å². The molecule has 1 fully saturated rings. The molecule has 1 heterocycles. The Morgan fingerprint density at radius 3 is 2.83 bits per heavy atom. The van der Waals surface area contributed by atoms with Gasteiger partial charge in [-0.1, -0.05) is 12.1 Å². The van der Waals surface area contributed by atoms with E-state index < -0.39 is 11.8 Å². The van der Waals surface area contributed by atoms with Gasteiger partial charge in [-0.25, -0.2) is 4.39 Å². The number of hydrogen-bond donors (Lipinski definition) is 1. The van der Waals surface area contributed by atoms with Crippen LogP contribution in [0.2, 0.25) is 0 Å². The molecule has 1 aliphatic rings. The van der Waals surface area contributed by atoms with Crippen LogP contribution < -0.4 is 4.74 Å². The van der Waals surface area contributed by atoms with E-state index in [9.17, 15) is 14.0 Å². The van der Waals surface area contributed by atoms with E-state index in [2.05, 4.69) is 0 Å². The molecule has 1 unspecified atom stereocenters. The smallest absolute Gasteiger partial charge is 0.303 e. The zero-order valence-electron chi connectivity index (χ0n) is 14.0. The van der Waals surface area contributed by atoms with E-state index >= 15 is 0 Å². The van der Waals surface area contributed by atoms with Crippen molar-refractivity contribution in [3.05, 3.63) is 29.6 Å². The molecule has 132 valence electrons. The topological polar surface area (TPSA) is 66.8 Å². The average molecular weight is 337 g/mol. The number of likely N-dealkylation sites (tertiary alicyclic amines) is 1. The Balaban J connectivity index is 1.96. The lowest BCUT2D eigenvalue weighted by molar-refractivity contribution is -0.140. The highest BCUT2D eigenvalue weighted by molar-refractivity contribution is 5.77. The number of aliphatic carboxylic acids is 1. The van der Waals surface area contributed by atoms with Gasteiger partial charge in [0.05, 0.1) is 7.11 Å². The number of piperidine rings is 1. The lowest BCUT2D eigenvalue weighted by Crippen LogP contribution is -2.44.